The van der Waals surface area contributed by atoms with Crippen LogP contribution in [0, 0.1) is 0 Å². The molecule has 0 saturated heterocycles. The third kappa shape index (κ3) is 6.65. The van der Waals surface area contributed by atoms with Gasteiger partial charge in [0, 0.05) is 12.7 Å². The van der Waals surface area contributed by atoms with Crippen molar-refractivity contribution in [3.05, 3.63) is 48.2 Å². The first kappa shape index (κ1) is 14.2. The van der Waals surface area contributed by atoms with E-state index in [0.717, 1.165) is 5.56 Å². The van der Waals surface area contributed by atoms with E-state index in [2.05, 4.69) is 10.6 Å². The molecular formula is C13H20N2O. The topological polar surface area (TPSA) is 41.1 Å². The van der Waals surface area contributed by atoms with Gasteiger partial charge in [-0.3, -0.25) is 0 Å². The van der Waals surface area contributed by atoms with E-state index >= 15 is 0 Å². The molecule has 1 rings (SSSR count). The first-order valence-electron chi connectivity index (χ1n) is 5.52. The fourth-order valence-corrected chi connectivity index (χ4v) is 0.988. The maximum absolute atomic E-state index is 11.1. The van der Waals surface area contributed by atoms with E-state index in [-0.39, 0.29) is 6.03 Å². The maximum atomic E-state index is 11.1. The number of nitrogens with one attached hydrogen (secondary N) is 2. The molecule has 0 atom stereocenters. The van der Waals surface area contributed by atoms with Crippen molar-refractivity contribution in [1.29, 1.82) is 0 Å². The molecule has 0 spiro atoms. The summed E-state index contributed by atoms with van der Waals surface area (Å²) >= 11 is 0. The third-order valence-corrected chi connectivity index (χ3v) is 1.68. The number of amides is 2. The van der Waals surface area contributed by atoms with E-state index in [1.807, 2.05) is 51.1 Å². The Morgan fingerprint density at radius 3 is 2.44 bits per heavy atom. The number of benzene rings is 1. The minimum atomic E-state index is -0.188. The van der Waals surface area contributed by atoms with E-state index in [1.165, 1.54) is 0 Å². The first-order chi connectivity index (χ1) is 7.83. The predicted octanol–water partition coefficient (Wildman–Crippen LogP) is 3.05. The van der Waals surface area contributed by atoms with Gasteiger partial charge >= 0.3 is 6.03 Å². The van der Waals surface area contributed by atoms with Crippen LogP contribution in [0.3, 0.4) is 0 Å². The molecule has 0 heterocycles. The number of carbonyl (C=O) groups is 1. The highest BCUT2D eigenvalue weighted by Gasteiger charge is 1.95. The van der Waals surface area contributed by atoms with Crippen molar-refractivity contribution < 1.29 is 4.79 Å². The summed E-state index contributed by atoms with van der Waals surface area (Å²) in [6.45, 7) is 6.39. The summed E-state index contributed by atoms with van der Waals surface area (Å²) in [4.78, 5) is 11.1. The van der Waals surface area contributed by atoms with Crippen LogP contribution in [-0.4, -0.2) is 6.03 Å². The predicted molar refractivity (Wildman–Crippen MR) is 68.0 cm³/mol. The molecule has 0 aliphatic heterocycles. The van der Waals surface area contributed by atoms with Crippen LogP contribution in [0.1, 0.15) is 26.3 Å². The van der Waals surface area contributed by atoms with Gasteiger partial charge in [-0.25, -0.2) is 4.79 Å². The highest BCUT2D eigenvalue weighted by Crippen LogP contribution is 1.96. The number of carbonyl (C=O) groups excluding carboxylic acids is 1. The standard InChI is InChI=1S/C11H14N2O.C2H6/c1-2-8-12-11(14)13-9-10-6-4-3-5-7-10;1-2/h2-8H,9H2,1H3,(H2,12,13,14);1-2H3/b8-2+;. The van der Waals surface area contributed by atoms with Crippen molar-refractivity contribution in [2.45, 2.75) is 27.3 Å². The van der Waals surface area contributed by atoms with Crippen LogP contribution in [0.2, 0.25) is 0 Å². The molecule has 3 nitrogen and oxygen atoms in total. The normalized spacial score (nSPS) is 9.19. The zero-order valence-electron chi connectivity index (χ0n) is 10.2. The van der Waals surface area contributed by atoms with Crippen molar-refractivity contribution >= 4 is 6.03 Å². The van der Waals surface area contributed by atoms with Crippen molar-refractivity contribution in [2.24, 2.45) is 0 Å². The molecule has 0 aromatic heterocycles. The molecule has 0 fully saturated rings. The molecule has 0 unspecified atom stereocenters. The first-order valence-corrected chi connectivity index (χ1v) is 5.52. The lowest BCUT2D eigenvalue weighted by atomic mass is 10.2. The van der Waals surface area contributed by atoms with Gasteiger partial charge < -0.3 is 10.6 Å². The fraction of sp³-hybridized carbons (Fsp3) is 0.308. The largest absolute Gasteiger partial charge is 0.334 e. The second-order valence-corrected chi connectivity index (χ2v) is 2.81. The lowest BCUT2D eigenvalue weighted by Crippen LogP contribution is -2.31. The molecular weight excluding hydrogens is 200 g/mol. The van der Waals surface area contributed by atoms with Crippen LogP contribution in [-0.2, 0) is 6.54 Å². The second kappa shape index (κ2) is 9.77. The minimum Gasteiger partial charge on any atom is -0.334 e. The molecule has 2 amide bonds. The lowest BCUT2D eigenvalue weighted by molar-refractivity contribution is 0.243. The van der Waals surface area contributed by atoms with Gasteiger partial charge in [0.15, 0.2) is 0 Å². The summed E-state index contributed by atoms with van der Waals surface area (Å²) in [7, 11) is 0. The Morgan fingerprint density at radius 1 is 1.25 bits per heavy atom. The Hall–Kier alpha value is -1.77. The van der Waals surface area contributed by atoms with Crippen molar-refractivity contribution in [2.75, 3.05) is 0 Å². The molecule has 16 heavy (non-hydrogen) atoms. The average molecular weight is 220 g/mol. The zero-order valence-corrected chi connectivity index (χ0v) is 10.2. The third-order valence-electron chi connectivity index (χ3n) is 1.68. The van der Waals surface area contributed by atoms with E-state index < -0.39 is 0 Å². The summed E-state index contributed by atoms with van der Waals surface area (Å²) in [6.07, 6.45) is 3.36. The molecule has 0 bridgehead atoms. The highest BCUT2D eigenvalue weighted by molar-refractivity contribution is 5.74. The molecule has 0 aliphatic rings. The summed E-state index contributed by atoms with van der Waals surface area (Å²) in [6, 6.07) is 9.59. The molecule has 0 saturated carbocycles. The van der Waals surface area contributed by atoms with Gasteiger partial charge in [0.1, 0.15) is 0 Å². The second-order valence-electron chi connectivity index (χ2n) is 2.81. The number of allylic oxidation sites excluding steroid dienone is 1. The van der Waals surface area contributed by atoms with E-state index in [4.69, 9.17) is 0 Å². The van der Waals surface area contributed by atoms with Crippen molar-refractivity contribution in [3.63, 3.8) is 0 Å². The Labute approximate surface area is 97.6 Å². The van der Waals surface area contributed by atoms with Crippen LogP contribution < -0.4 is 10.6 Å². The van der Waals surface area contributed by atoms with Crippen LogP contribution in [0.25, 0.3) is 0 Å². The summed E-state index contributed by atoms with van der Waals surface area (Å²) < 4.78 is 0. The lowest BCUT2D eigenvalue weighted by Gasteiger charge is -2.03. The summed E-state index contributed by atoms with van der Waals surface area (Å²) in [5.74, 6) is 0. The Balaban J connectivity index is 0.00000106. The molecule has 0 radical (unpaired) electrons. The number of hydrogen-bond donors (Lipinski definition) is 2. The van der Waals surface area contributed by atoms with Crippen LogP contribution in [0.4, 0.5) is 4.79 Å². The van der Waals surface area contributed by atoms with Gasteiger partial charge in [0.25, 0.3) is 0 Å². The smallest absolute Gasteiger partial charge is 0.319 e. The molecule has 88 valence electrons. The molecule has 3 heteroatoms. The summed E-state index contributed by atoms with van der Waals surface area (Å²) in [5.41, 5.74) is 1.09. The van der Waals surface area contributed by atoms with Crippen molar-refractivity contribution in [1.82, 2.24) is 10.6 Å². The fourth-order valence-electron chi connectivity index (χ4n) is 0.988. The van der Waals surface area contributed by atoms with Crippen LogP contribution in [0.5, 0.6) is 0 Å². The quantitative estimate of drug-likeness (QED) is 0.807. The van der Waals surface area contributed by atoms with E-state index in [9.17, 15) is 4.79 Å². The minimum absolute atomic E-state index is 0.188. The zero-order chi connectivity index (χ0) is 12.2. The number of urea groups is 1. The highest BCUT2D eigenvalue weighted by atomic mass is 16.2. The van der Waals surface area contributed by atoms with E-state index in [0.29, 0.717) is 6.54 Å². The molecule has 0 aliphatic carbocycles. The van der Waals surface area contributed by atoms with Crippen molar-refractivity contribution in [3.8, 4) is 0 Å². The summed E-state index contributed by atoms with van der Waals surface area (Å²) in [5, 5.41) is 5.30. The number of hydrogen-bond acceptors (Lipinski definition) is 1. The average Bonchev–Trinajstić information content (AvgIpc) is 2.37. The Morgan fingerprint density at radius 2 is 1.88 bits per heavy atom. The van der Waals surface area contributed by atoms with Gasteiger partial charge in [-0.2, -0.15) is 0 Å². The van der Waals surface area contributed by atoms with Gasteiger partial charge in [0.2, 0.25) is 0 Å². The van der Waals surface area contributed by atoms with Crippen LogP contribution in [0.15, 0.2) is 42.6 Å². The van der Waals surface area contributed by atoms with E-state index in [1.54, 1.807) is 12.3 Å². The van der Waals surface area contributed by atoms with Gasteiger partial charge in [0.05, 0.1) is 0 Å². The monoisotopic (exact) mass is 220 g/mol. The molecule has 1 aromatic carbocycles. The molecule has 2 N–H and O–H groups in total. The Bertz CT molecular complexity index is 307. The maximum Gasteiger partial charge on any atom is 0.319 e. The van der Waals surface area contributed by atoms with Gasteiger partial charge in [-0.1, -0.05) is 50.3 Å². The van der Waals surface area contributed by atoms with Gasteiger partial charge in [-0.05, 0) is 12.5 Å². The molecule has 1 aromatic rings. The number of rotatable bonds is 3. The SMILES string of the molecule is C/C=C/NC(=O)NCc1ccccc1.CC. The van der Waals surface area contributed by atoms with Crippen LogP contribution >= 0.6 is 0 Å². The Kier molecular flexibility index (Phi) is 8.69. The van der Waals surface area contributed by atoms with Gasteiger partial charge in [-0.15, -0.1) is 0 Å².